The minimum absolute atomic E-state index is 0.176. The Morgan fingerprint density at radius 3 is 2.27 bits per heavy atom. The van der Waals surface area contributed by atoms with Crippen LogP contribution in [0.2, 0.25) is 0 Å². The zero-order valence-corrected chi connectivity index (χ0v) is 15.3. The van der Waals surface area contributed by atoms with E-state index < -0.39 is 30.9 Å². The Morgan fingerprint density at radius 1 is 1.04 bits per heavy atom. The summed E-state index contributed by atoms with van der Waals surface area (Å²) in [4.78, 5) is 21.9. The Bertz CT molecular complexity index is 949. The number of carbonyl (C=O) groups excluding carboxylic acids is 1. The number of hydrogen-bond acceptors (Lipinski definition) is 5. The number of nitro benzene ring substituents is 1. The van der Waals surface area contributed by atoms with Crippen molar-refractivity contribution in [2.24, 2.45) is 5.41 Å². The van der Waals surface area contributed by atoms with E-state index in [4.69, 9.17) is 0 Å². The molecule has 0 unspecified atom stereocenters. The predicted octanol–water partition coefficient (Wildman–Crippen LogP) is 3.38. The fraction of sp³-hybridized carbons (Fsp3) is 0.235. The molecule has 0 fully saturated rings. The Labute approximate surface area is 151 Å². The fourth-order valence-electron chi connectivity index (χ4n) is 2.02. The third kappa shape index (κ3) is 4.57. The van der Waals surface area contributed by atoms with E-state index >= 15 is 0 Å². The van der Waals surface area contributed by atoms with E-state index in [0.717, 1.165) is 12.1 Å². The van der Waals surface area contributed by atoms with Gasteiger partial charge in [-0.25, -0.2) is 8.42 Å². The van der Waals surface area contributed by atoms with E-state index in [1.54, 1.807) is 32.9 Å². The summed E-state index contributed by atoms with van der Waals surface area (Å²) in [5, 5.41) is 13.8. The molecule has 0 aliphatic rings. The number of rotatable bonds is 5. The van der Waals surface area contributed by atoms with E-state index in [2.05, 4.69) is 10.0 Å². The van der Waals surface area contributed by atoms with E-state index in [0.29, 0.717) is 5.69 Å². The lowest BCUT2D eigenvalue weighted by atomic mass is 9.95. The van der Waals surface area contributed by atoms with Crippen LogP contribution in [0.25, 0.3) is 0 Å². The monoisotopic (exact) mass is 377 g/mol. The van der Waals surface area contributed by atoms with Crippen molar-refractivity contribution in [3.63, 3.8) is 0 Å². The Morgan fingerprint density at radius 2 is 1.65 bits per heavy atom. The summed E-state index contributed by atoms with van der Waals surface area (Å²) in [6, 6.07) is 11.2. The molecule has 0 radical (unpaired) electrons. The number of hydrogen-bond donors (Lipinski definition) is 2. The van der Waals surface area contributed by atoms with Crippen molar-refractivity contribution in [3.8, 4) is 0 Å². The van der Waals surface area contributed by atoms with Crippen LogP contribution in [0.5, 0.6) is 0 Å². The van der Waals surface area contributed by atoms with Gasteiger partial charge in [0.05, 0.1) is 10.6 Å². The average Bonchev–Trinajstić information content (AvgIpc) is 2.54. The van der Waals surface area contributed by atoms with Gasteiger partial charge in [0.1, 0.15) is 0 Å². The van der Waals surface area contributed by atoms with Gasteiger partial charge in [-0.2, -0.15) is 0 Å². The molecule has 0 atom stereocenters. The first-order chi connectivity index (χ1) is 12.0. The minimum Gasteiger partial charge on any atom is -0.326 e. The highest BCUT2D eigenvalue weighted by molar-refractivity contribution is 7.92. The van der Waals surface area contributed by atoms with Crippen LogP contribution < -0.4 is 10.0 Å². The first-order valence-corrected chi connectivity index (χ1v) is 9.17. The van der Waals surface area contributed by atoms with E-state index in [9.17, 15) is 23.3 Å². The van der Waals surface area contributed by atoms with Crippen molar-refractivity contribution in [3.05, 3.63) is 58.6 Å². The van der Waals surface area contributed by atoms with Gasteiger partial charge in [0.2, 0.25) is 5.91 Å². The van der Waals surface area contributed by atoms with Crippen LogP contribution >= 0.6 is 0 Å². The van der Waals surface area contributed by atoms with Crippen LogP contribution in [0.15, 0.2) is 53.4 Å². The lowest BCUT2D eigenvalue weighted by molar-refractivity contribution is -0.387. The number of nitro groups is 1. The van der Waals surface area contributed by atoms with Gasteiger partial charge in [-0.1, -0.05) is 39.0 Å². The molecule has 2 aromatic rings. The van der Waals surface area contributed by atoms with Crippen molar-refractivity contribution in [2.75, 3.05) is 10.0 Å². The van der Waals surface area contributed by atoms with E-state index in [1.165, 1.54) is 24.3 Å². The van der Waals surface area contributed by atoms with Crippen LogP contribution in [0.3, 0.4) is 0 Å². The van der Waals surface area contributed by atoms with Crippen LogP contribution in [-0.2, 0) is 14.8 Å². The summed E-state index contributed by atoms with van der Waals surface area (Å²) in [6.07, 6.45) is 0. The maximum atomic E-state index is 12.5. The lowest BCUT2D eigenvalue weighted by Gasteiger charge is -2.18. The molecule has 0 spiro atoms. The zero-order chi connectivity index (χ0) is 19.5. The molecule has 138 valence electrons. The molecule has 0 saturated heterocycles. The maximum absolute atomic E-state index is 12.5. The largest absolute Gasteiger partial charge is 0.326 e. The number of anilines is 2. The second kappa shape index (κ2) is 7.12. The SMILES string of the molecule is CC(C)(C)C(=O)Nc1cccc(NS(=O)(=O)c2ccccc2[N+](=O)[O-])c1. The molecule has 0 bridgehead atoms. The highest BCUT2D eigenvalue weighted by Gasteiger charge is 2.25. The third-order valence-electron chi connectivity index (χ3n) is 3.41. The van der Waals surface area contributed by atoms with Gasteiger partial charge in [0, 0.05) is 17.2 Å². The fourth-order valence-corrected chi connectivity index (χ4v) is 3.25. The molecule has 2 rings (SSSR count). The molecule has 0 aromatic heterocycles. The summed E-state index contributed by atoms with van der Waals surface area (Å²) in [5.41, 5.74) is -0.542. The van der Waals surface area contributed by atoms with Gasteiger partial charge in [-0.3, -0.25) is 19.6 Å². The van der Waals surface area contributed by atoms with Gasteiger partial charge in [-0.05, 0) is 24.3 Å². The summed E-state index contributed by atoms with van der Waals surface area (Å²) in [7, 11) is -4.17. The highest BCUT2D eigenvalue weighted by atomic mass is 32.2. The highest BCUT2D eigenvalue weighted by Crippen LogP contribution is 2.26. The molecule has 0 heterocycles. The van der Waals surface area contributed by atoms with E-state index in [1.807, 2.05) is 0 Å². The Balaban J connectivity index is 2.30. The smallest absolute Gasteiger partial charge is 0.289 e. The topological polar surface area (TPSA) is 118 Å². The second-order valence-electron chi connectivity index (χ2n) is 6.62. The van der Waals surface area contributed by atoms with Gasteiger partial charge in [0.15, 0.2) is 4.90 Å². The molecular weight excluding hydrogens is 358 g/mol. The van der Waals surface area contributed by atoms with Crippen LogP contribution in [0.1, 0.15) is 20.8 Å². The van der Waals surface area contributed by atoms with Gasteiger partial charge < -0.3 is 5.32 Å². The second-order valence-corrected chi connectivity index (χ2v) is 8.27. The summed E-state index contributed by atoms with van der Waals surface area (Å²) in [5.74, 6) is -0.226. The predicted molar refractivity (Wildman–Crippen MR) is 98.4 cm³/mol. The van der Waals surface area contributed by atoms with Crippen LogP contribution in [-0.4, -0.2) is 19.2 Å². The minimum atomic E-state index is -4.17. The first-order valence-electron chi connectivity index (χ1n) is 7.68. The Hall–Kier alpha value is -2.94. The van der Waals surface area contributed by atoms with E-state index in [-0.39, 0.29) is 11.6 Å². The van der Waals surface area contributed by atoms with Crippen molar-refractivity contribution >= 4 is 33.0 Å². The molecule has 1 amide bonds. The molecule has 26 heavy (non-hydrogen) atoms. The number of nitrogens with zero attached hydrogens (tertiary/aromatic N) is 1. The molecule has 9 heteroatoms. The normalized spacial score (nSPS) is 11.7. The number of para-hydroxylation sites is 1. The molecular formula is C17H19N3O5S. The number of benzene rings is 2. The number of sulfonamides is 1. The van der Waals surface area contributed by atoms with Gasteiger partial charge in [-0.15, -0.1) is 0 Å². The van der Waals surface area contributed by atoms with Crippen molar-refractivity contribution in [2.45, 2.75) is 25.7 Å². The molecule has 0 saturated carbocycles. The average molecular weight is 377 g/mol. The number of nitrogens with one attached hydrogen (secondary N) is 2. The quantitative estimate of drug-likeness (QED) is 0.611. The van der Waals surface area contributed by atoms with Crippen molar-refractivity contribution < 1.29 is 18.1 Å². The van der Waals surface area contributed by atoms with Crippen LogP contribution in [0, 0.1) is 15.5 Å². The molecule has 8 nitrogen and oxygen atoms in total. The van der Waals surface area contributed by atoms with Crippen LogP contribution in [0.4, 0.5) is 17.1 Å². The van der Waals surface area contributed by atoms with Crippen molar-refractivity contribution in [1.82, 2.24) is 0 Å². The molecule has 0 aliphatic carbocycles. The number of amides is 1. The summed E-state index contributed by atoms with van der Waals surface area (Å²) in [6.45, 7) is 5.26. The van der Waals surface area contributed by atoms with Gasteiger partial charge >= 0.3 is 0 Å². The lowest BCUT2D eigenvalue weighted by Crippen LogP contribution is -2.27. The van der Waals surface area contributed by atoms with Gasteiger partial charge in [0.25, 0.3) is 15.7 Å². The first kappa shape index (κ1) is 19.4. The summed E-state index contributed by atoms with van der Waals surface area (Å²) >= 11 is 0. The maximum Gasteiger partial charge on any atom is 0.289 e. The summed E-state index contributed by atoms with van der Waals surface area (Å²) < 4.78 is 27.3. The Kier molecular flexibility index (Phi) is 5.31. The van der Waals surface area contributed by atoms with Crippen molar-refractivity contribution in [1.29, 1.82) is 0 Å². The molecule has 2 aromatic carbocycles. The third-order valence-corrected chi connectivity index (χ3v) is 4.83. The number of carbonyl (C=O) groups is 1. The zero-order valence-electron chi connectivity index (χ0n) is 14.5. The molecule has 0 aliphatic heterocycles. The standard InChI is InChI=1S/C17H19N3O5S/c1-17(2,3)16(21)18-12-7-6-8-13(11-12)19-26(24,25)15-10-5-4-9-14(15)20(22)23/h4-11,19H,1-3H3,(H,18,21). The molecule has 2 N–H and O–H groups in total.